The van der Waals surface area contributed by atoms with Crippen molar-refractivity contribution in [3.63, 3.8) is 0 Å². The number of hydrogen-bond acceptors (Lipinski definition) is 5. The van der Waals surface area contributed by atoms with Gasteiger partial charge in [-0.25, -0.2) is 0 Å². The predicted octanol–water partition coefficient (Wildman–Crippen LogP) is 2.22. The van der Waals surface area contributed by atoms with Crippen LogP contribution in [0.25, 0.3) is 0 Å². The third kappa shape index (κ3) is 3.50. The molecule has 0 aliphatic carbocycles. The van der Waals surface area contributed by atoms with E-state index in [0.717, 1.165) is 12.0 Å². The number of ether oxygens (including phenoxy) is 4. The Morgan fingerprint density at radius 3 is 2.59 bits per heavy atom. The minimum Gasteiger partial charge on any atom is -0.396 e. The molecular formula is C17H24O5. The van der Waals surface area contributed by atoms with Crippen LogP contribution < -0.4 is 0 Å². The van der Waals surface area contributed by atoms with Gasteiger partial charge in [-0.05, 0) is 32.3 Å². The van der Waals surface area contributed by atoms with Crippen molar-refractivity contribution in [1.82, 2.24) is 0 Å². The zero-order chi connectivity index (χ0) is 15.6. The Kier molecular flexibility index (Phi) is 4.80. The van der Waals surface area contributed by atoms with Gasteiger partial charge in [-0.3, -0.25) is 0 Å². The van der Waals surface area contributed by atoms with Crippen LogP contribution in [0.4, 0.5) is 0 Å². The first-order valence-corrected chi connectivity index (χ1v) is 7.86. The molecule has 0 bridgehead atoms. The minimum absolute atomic E-state index is 0.0975. The maximum Gasteiger partial charge on any atom is 0.187 e. The Balaban J connectivity index is 1.63. The fraction of sp³-hybridized carbons (Fsp3) is 0.647. The summed E-state index contributed by atoms with van der Waals surface area (Å²) < 4.78 is 23.8. The second-order valence-electron chi connectivity index (χ2n) is 6.27. The number of aliphatic hydroxyl groups is 1. The van der Waals surface area contributed by atoms with Crippen molar-refractivity contribution < 1.29 is 24.1 Å². The van der Waals surface area contributed by atoms with Gasteiger partial charge >= 0.3 is 0 Å². The monoisotopic (exact) mass is 308 g/mol. The van der Waals surface area contributed by atoms with Crippen molar-refractivity contribution in [3.8, 4) is 0 Å². The van der Waals surface area contributed by atoms with Crippen molar-refractivity contribution in [1.29, 1.82) is 0 Å². The molecule has 4 atom stereocenters. The van der Waals surface area contributed by atoms with Crippen molar-refractivity contribution in [2.75, 3.05) is 6.61 Å². The van der Waals surface area contributed by atoms with Crippen molar-refractivity contribution in [2.45, 2.75) is 63.7 Å². The Hall–Kier alpha value is -0.980. The van der Waals surface area contributed by atoms with Crippen LogP contribution in [0.2, 0.25) is 0 Å². The molecule has 0 aromatic heterocycles. The largest absolute Gasteiger partial charge is 0.396 e. The Bertz CT molecular complexity index is 475. The molecule has 0 amide bonds. The van der Waals surface area contributed by atoms with Gasteiger partial charge in [0.25, 0.3) is 0 Å². The van der Waals surface area contributed by atoms with E-state index < -0.39 is 12.1 Å². The van der Waals surface area contributed by atoms with Crippen molar-refractivity contribution in [2.24, 2.45) is 0 Å². The third-order valence-corrected chi connectivity index (χ3v) is 4.01. The molecule has 2 heterocycles. The average molecular weight is 308 g/mol. The summed E-state index contributed by atoms with van der Waals surface area (Å²) in [5, 5.41) is 9.03. The smallest absolute Gasteiger partial charge is 0.187 e. The van der Waals surface area contributed by atoms with E-state index in [9.17, 15) is 0 Å². The van der Waals surface area contributed by atoms with Crippen LogP contribution in [-0.2, 0) is 25.6 Å². The SMILES string of the molecule is CC1(C)OC2C(CCCO)OC(OCc3ccccc3)C2O1. The summed E-state index contributed by atoms with van der Waals surface area (Å²) in [7, 11) is 0. The zero-order valence-corrected chi connectivity index (χ0v) is 13.1. The zero-order valence-electron chi connectivity index (χ0n) is 13.1. The summed E-state index contributed by atoms with van der Waals surface area (Å²) >= 11 is 0. The maximum atomic E-state index is 9.03. The van der Waals surface area contributed by atoms with E-state index in [1.54, 1.807) is 0 Å². The number of rotatable bonds is 6. The van der Waals surface area contributed by atoms with Crippen LogP contribution in [0, 0.1) is 0 Å². The molecule has 22 heavy (non-hydrogen) atoms. The van der Waals surface area contributed by atoms with Crippen LogP contribution in [0.1, 0.15) is 32.3 Å². The molecule has 1 aromatic rings. The maximum absolute atomic E-state index is 9.03. The van der Waals surface area contributed by atoms with Gasteiger partial charge in [-0.15, -0.1) is 0 Å². The van der Waals surface area contributed by atoms with Crippen molar-refractivity contribution >= 4 is 0 Å². The Morgan fingerprint density at radius 1 is 1.14 bits per heavy atom. The lowest BCUT2D eigenvalue weighted by atomic mass is 10.1. The summed E-state index contributed by atoms with van der Waals surface area (Å²) in [4.78, 5) is 0. The third-order valence-electron chi connectivity index (χ3n) is 4.01. The molecule has 122 valence electrons. The van der Waals surface area contributed by atoms with E-state index in [1.165, 1.54) is 0 Å². The highest BCUT2D eigenvalue weighted by Gasteiger charge is 2.55. The Labute approximate surface area is 131 Å². The fourth-order valence-electron chi connectivity index (χ4n) is 3.05. The highest BCUT2D eigenvalue weighted by atomic mass is 16.8. The number of benzene rings is 1. The minimum atomic E-state index is -0.620. The van der Waals surface area contributed by atoms with Gasteiger partial charge in [0, 0.05) is 6.61 Å². The van der Waals surface area contributed by atoms with Gasteiger partial charge in [0.05, 0.1) is 12.7 Å². The van der Waals surface area contributed by atoms with E-state index in [2.05, 4.69) is 0 Å². The molecule has 2 fully saturated rings. The van der Waals surface area contributed by atoms with E-state index in [4.69, 9.17) is 24.1 Å². The summed E-state index contributed by atoms with van der Waals surface area (Å²) in [6.45, 7) is 4.44. The lowest BCUT2D eigenvalue weighted by molar-refractivity contribution is -0.237. The molecule has 2 saturated heterocycles. The highest BCUT2D eigenvalue weighted by molar-refractivity contribution is 5.13. The van der Waals surface area contributed by atoms with Crippen LogP contribution in [0.5, 0.6) is 0 Å². The summed E-state index contributed by atoms with van der Waals surface area (Å²) in [5.74, 6) is -0.620. The van der Waals surface area contributed by atoms with Gasteiger partial charge in [0.15, 0.2) is 12.1 Å². The molecule has 0 spiro atoms. The van der Waals surface area contributed by atoms with Gasteiger partial charge in [-0.1, -0.05) is 30.3 Å². The van der Waals surface area contributed by atoms with Crippen LogP contribution in [0.15, 0.2) is 30.3 Å². The topological polar surface area (TPSA) is 57.2 Å². The number of hydrogen-bond donors (Lipinski definition) is 1. The van der Waals surface area contributed by atoms with Gasteiger partial charge in [0.2, 0.25) is 0 Å². The van der Waals surface area contributed by atoms with Gasteiger partial charge < -0.3 is 24.1 Å². The van der Waals surface area contributed by atoms with Crippen molar-refractivity contribution in [3.05, 3.63) is 35.9 Å². The fourth-order valence-corrected chi connectivity index (χ4v) is 3.05. The second-order valence-corrected chi connectivity index (χ2v) is 6.27. The summed E-state index contributed by atoms with van der Waals surface area (Å²) in [6, 6.07) is 9.99. The van der Waals surface area contributed by atoms with Crippen LogP contribution in [-0.4, -0.2) is 42.1 Å². The van der Waals surface area contributed by atoms with Crippen LogP contribution >= 0.6 is 0 Å². The number of fused-ring (bicyclic) bond motifs is 1. The second kappa shape index (κ2) is 6.64. The molecule has 3 rings (SSSR count). The Morgan fingerprint density at radius 2 is 1.86 bits per heavy atom. The average Bonchev–Trinajstić information content (AvgIpc) is 2.98. The summed E-state index contributed by atoms with van der Waals surface area (Å²) in [5.41, 5.74) is 1.10. The molecule has 2 aliphatic rings. The highest BCUT2D eigenvalue weighted by Crippen LogP contribution is 2.40. The van der Waals surface area contributed by atoms with Crippen LogP contribution in [0.3, 0.4) is 0 Å². The van der Waals surface area contributed by atoms with E-state index in [0.29, 0.717) is 13.0 Å². The molecule has 2 aliphatic heterocycles. The first-order valence-electron chi connectivity index (χ1n) is 7.86. The lowest BCUT2D eigenvalue weighted by Gasteiger charge is -2.24. The molecule has 5 heteroatoms. The molecule has 0 radical (unpaired) electrons. The standard InChI is InChI=1S/C17H24O5/c1-17(2)21-14-13(9-6-10-18)20-16(15(14)22-17)19-11-12-7-4-3-5-8-12/h3-5,7-8,13-16,18H,6,9-11H2,1-2H3. The molecule has 5 nitrogen and oxygen atoms in total. The predicted molar refractivity (Wildman–Crippen MR) is 80.0 cm³/mol. The normalized spacial score (nSPS) is 33.0. The molecular weight excluding hydrogens is 284 g/mol. The quantitative estimate of drug-likeness (QED) is 0.873. The molecule has 0 saturated carbocycles. The van der Waals surface area contributed by atoms with E-state index in [-0.39, 0.29) is 24.9 Å². The van der Waals surface area contributed by atoms with E-state index in [1.807, 2.05) is 44.2 Å². The first-order chi connectivity index (χ1) is 10.6. The van der Waals surface area contributed by atoms with Gasteiger partial charge in [0.1, 0.15) is 12.2 Å². The first kappa shape index (κ1) is 15.9. The molecule has 4 unspecified atom stereocenters. The number of aliphatic hydroxyl groups excluding tert-OH is 1. The molecule has 1 N–H and O–H groups in total. The summed E-state index contributed by atoms with van der Waals surface area (Å²) in [6.07, 6.45) is 0.533. The van der Waals surface area contributed by atoms with Gasteiger partial charge in [-0.2, -0.15) is 0 Å². The lowest BCUT2D eigenvalue weighted by Crippen LogP contribution is -2.31. The molecule has 1 aromatic carbocycles. The van der Waals surface area contributed by atoms with E-state index >= 15 is 0 Å².